The molecule has 1 aliphatic heterocycles. The minimum absolute atomic E-state index is 0.0193. The molecule has 102 valence electrons. The zero-order chi connectivity index (χ0) is 13.3. The minimum atomic E-state index is 0.0193. The van der Waals surface area contributed by atoms with Gasteiger partial charge in [-0.2, -0.15) is 5.10 Å². The molecule has 2 heterocycles. The van der Waals surface area contributed by atoms with Crippen LogP contribution in [0.15, 0.2) is 10.7 Å². The van der Waals surface area contributed by atoms with Gasteiger partial charge in [-0.25, -0.2) is 0 Å². The number of rotatable bonds is 3. The molecule has 5 nitrogen and oxygen atoms in total. The molecule has 0 bridgehead atoms. The smallest absolute Gasteiger partial charge is 0.0690 e. The third-order valence-corrected chi connectivity index (χ3v) is 4.41. The average molecular weight is 316 g/mol. The Morgan fingerprint density at radius 2 is 2.17 bits per heavy atom. The van der Waals surface area contributed by atoms with E-state index in [4.69, 9.17) is 5.73 Å². The third-order valence-electron chi connectivity index (χ3n) is 3.80. The molecular weight excluding hydrogens is 294 g/mol. The average Bonchev–Trinajstić information content (AvgIpc) is 2.63. The van der Waals surface area contributed by atoms with Crippen molar-refractivity contribution in [2.45, 2.75) is 18.5 Å². The molecule has 0 spiro atoms. The SMILES string of the molecule is CN1CCN(C)C(CC(N)c2c(Br)cnn2C)C1. The van der Waals surface area contributed by atoms with Crippen LogP contribution in [-0.4, -0.2) is 59.4 Å². The number of nitrogens with zero attached hydrogens (tertiary/aromatic N) is 4. The maximum Gasteiger partial charge on any atom is 0.0690 e. The summed E-state index contributed by atoms with van der Waals surface area (Å²) in [6.45, 7) is 3.33. The summed E-state index contributed by atoms with van der Waals surface area (Å²) in [4.78, 5) is 4.78. The van der Waals surface area contributed by atoms with Crippen LogP contribution in [0, 0.1) is 0 Å². The first kappa shape index (κ1) is 14.0. The number of hydrogen-bond acceptors (Lipinski definition) is 4. The van der Waals surface area contributed by atoms with E-state index in [9.17, 15) is 0 Å². The van der Waals surface area contributed by atoms with Gasteiger partial charge in [0, 0.05) is 38.8 Å². The molecule has 2 unspecified atom stereocenters. The van der Waals surface area contributed by atoms with Crippen LogP contribution in [0.25, 0.3) is 0 Å². The molecule has 0 amide bonds. The maximum atomic E-state index is 6.34. The Bertz CT molecular complexity index is 386. The quantitative estimate of drug-likeness (QED) is 0.897. The first-order valence-electron chi connectivity index (χ1n) is 6.30. The summed E-state index contributed by atoms with van der Waals surface area (Å²) in [7, 11) is 6.30. The largest absolute Gasteiger partial charge is 0.323 e. The molecular formula is C12H22BrN5. The number of halogens is 1. The third kappa shape index (κ3) is 2.93. The van der Waals surface area contributed by atoms with E-state index in [2.05, 4.69) is 44.9 Å². The lowest BCUT2D eigenvalue weighted by molar-refractivity contribution is 0.103. The molecule has 1 aliphatic rings. The Morgan fingerprint density at radius 1 is 1.44 bits per heavy atom. The Kier molecular flexibility index (Phi) is 4.42. The standard InChI is InChI=1S/C12H22BrN5/c1-16-4-5-17(2)9(8-16)6-11(14)12-10(13)7-15-18(12)3/h7,9,11H,4-6,8,14H2,1-3H3. The van der Waals surface area contributed by atoms with Gasteiger partial charge >= 0.3 is 0 Å². The second kappa shape index (κ2) is 5.69. The Labute approximate surface area is 117 Å². The minimum Gasteiger partial charge on any atom is -0.323 e. The molecule has 1 aromatic heterocycles. The van der Waals surface area contributed by atoms with Crippen LogP contribution < -0.4 is 5.73 Å². The zero-order valence-electron chi connectivity index (χ0n) is 11.3. The topological polar surface area (TPSA) is 50.3 Å². The summed E-state index contributed by atoms with van der Waals surface area (Å²) in [5.74, 6) is 0. The molecule has 6 heteroatoms. The molecule has 0 saturated carbocycles. The second-order valence-electron chi connectivity index (χ2n) is 5.24. The van der Waals surface area contributed by atoms with Crippen molar-refractivity contribution in [1.29, 1.82) is 0 Å². The van der Waals surface area contributed by atoms with E-state index >= 15 is 0 Å². The van der Waals surface area contributed by atoms with Gasteiger partial charge in [0.1, 0.15) is 0 Å². The van der Waals surface area contributed by atoms with Crippen LogP contribution in [-0.2, 0) is 7.05 Å². The lowest BCUT2D eigenvalue weighted by atomic mass is 10.0. The first-order valence-corrected chi connectivity index (χ1v) is 7.10. The Balaban J connectivity index is 2.04. The first-order chi connectivity index (χ1) is 8.49. The van der Waals surface area contributed by atoms with Gasteiger partial charge in [0.2, 0.25) is 0 Å². The van der Waals surface area contributed by atoms with Crippen LogP contribution in [0.1, 0.15) is 18.2 Å². The fourth-order valence-electron chi connectivity index (χ4n) is 2.60. The highest BCUT2D eigenvalue weighted by molar-refractivity contribution is 9.10. The molecule has 2 N–H and O–H groups in total. The number of nitrogens with two attached hydrogens (primary N) is 1. The molecule has 18 heavy (non-hydrogen) atoms. The van der Waals surface area contributed by atoms with Crippen LogP contribution >= 0.6 is 15.9 Å². The van der Waals surface area contributed by atoms with Crippen molar-refractivity contribution in [3.63, 3.8) is 0 Å². The molecule has 0 radical (unpaired) electrons. The van der Waals surface area contributed by atoms with Gasteiger partial charge < -0.3 is 15.5 Å². The van der Waals surface area contributed by atoms with E-state index in [1.807, 2.05) is 17.9 Å². The van der Waals surface area contributed by atoms with Crippen molar-refractivity contribution in [2.24, 2.45) is 12.8 Å². The Morgan fingerprint density at radius 3 is 2.78 bits per heavy atom. The molecule has 1 aromatic rings. The molecule has 1 saturated heterocycles. The van der Waals surface area contributed by atoms with Crippen molar-refractivity contribution < 1.29 is 0 Å². The summed E-state index contributed by atoms with van der Waals surface area (Å²) < 4.78 is 2.87. The van der Waals surface area contributed by atoms with E-state index in [0.29, 0.717) is 6.04 Å². The predicted molar refractivity (Wildman–Crippen MR) is 76.4 cm³/mol. The fraction of sp³-hybridized carbons (Fsp3) is 0.750. The highest BCUT2D eigenvalue weighted by Crippen LogP contribution is 2.26. The lowest BCUT2D eigenvalue weighted by Gasteiger charge is -2.38. The van der Waals surface area contributed by atoms with Crippen molar-refractivity contribution in [3.8, 4) is 0 Å². The normalized spacial score (nSPS) is 24.4. The van der Waals surface area contributed by atoms with E-state index < -0.39 is 0 Å². The highest BCUT2D eigenvalue weighted by atomic mass is 79.9. The van der Waals surface area contributed by atoms with Crippen molar-refractivity contribution in [3.05, 3.63) is 16.4 Å². The van der Waals surface area contributed by atoms with E-state index in [1.165, 1.54) is 0 Å². The van der Waals surface area contributed by atoms with Crippen LogP contribution in [0.2, 0.25) is 0 Å². The molecule has 2 atom stereocenters. The second-order valence-corrected chi connectivity index (χ2v) is 6.09. The zero-order valence-corrected chi connectivity index (χ0v) is 12.9. The molecule has 0 aliphatic carbocycles. The number of hydrogen-bond donors (Lipinski definition) is 1. The summed E-state index contributed by atoms with van der Waals surface area (Å²) in [5, 5.41) is 4.23. The van der Waals surface area contributed by atoms with Gasteiger partial charge in [-0.3, -0.25) is 4.68 Å². The van der Waals surface area contributed by atoms with Crippen LogP contribution in [0.5, 0.6) is 0 Å². The predicted octanol–water partition coefficient (Wildman–Crippen LogP) is 0.818. The highest BCUT2D eigenvalue weighted by Gasteiger charge is 2.26. The van der Waals surface area contributed by atoms with Crippen molar-refractivity contribution >= 4 is 15.9 Å². The Hall–Kier alpha value is -0.430. The number of aryl methyl sites for hydroxylation is 1. The van der Waals surface area contributed by atoms with Crippen molar-refractivity contribution in [2.75, 3.05) is 33.7 Å². The van der Waals surface area contributed by atoms with Gasteiger partial charge in [0.05, 0.1) is 16.4 Å². The van der Waals surface area contributed by atoms with Gasteiger partial charge in [-0.15, -0.1) is 0 Å². The number of aromatic nitrogens is 2. The fourth-order valence-corrected chi connectivity index (χ4v) is 3.24. The van der Waals surface area contributed by atoms with E-state index in [-0.39, 0.29) is 6.04 Å². The monoisotopic (exact) mass is 315 g/mol. The molecule has 1 fully saturated rings. The number of piperazine rings is 1. The summed E-state index contributed by atoms with van der Waals surface area (Å²) in [6.07, 6.45) is 2.77. The van der Waals surface area contributed by atoms with Gasteiger partial charge in [-0.05, 0) is 36.4 Å². The van der Waals surface area contributed by atoms with E-state index in [0.717, 1.165) is 36.2 Å². The lowest BCUT2D eigenvalue weighted by Crippen LogP contribution is -2.50. The van der Waals surface area contributed by atoms with Gasteiger partial charge in [0.15, 0.2) is 0 Å². The van der Waals surface area contributed by atoms with Crippen LogP contribution in [0.4, 0.5) is 0 Å². The summed E-state index contributed by atoms with van der Waals surface area (Å²) in [6, 6.07) is 0.534. The van der Waals surface area contributed by atoms with Gasteiger partial charge in [-0.1, -0.05) is 0 Å². The molecule has 0 aromatic carbocycles. The molecule has 2 rings (SSSR count). The maximum absolute atomic E-state index is 6.34. The summed E-state index contributed by atoms with van der Waals surface area (Å²) >= 11 is 3.52. The van der Waals surface area contributed by atoms with Crippen molar-refractivity contribution in [1.82, 2.24) is 19.6 Å². The number of likely N-dealkylation sites (N-methyl/N-ethyl adjacent to an activating group) is 2. The van der Waals surface area contributed by atoms with Crippen LogP contribution in [0.3, 0.4) is 0 Å². The summed E-state index contributed by atoms with van der Waals surface area (Å²) in [5.41, 5.74) is 7.42. The van der Waals surface area contributed by atoms with E-state index in [1.54, 1.807) is 0 Å². The van der Waals surface area contributed by atoms with Gasteiger partial charge in [0.25, 0.3) is 0 Å².